The molecule has 0 atom stereocenters. The van der Waals surface area contributed by atoms with Gasteiger partial charge in [-0.25, -0.2) is 0 Å². The Morgan fingerprint density at radius 1 is 1.50 bits per heavy atom. The van der Waals surface area contributed by atoms with Crippen molar-refractivity contribution < 1.29 is 4.52 Å². The van der Waals surface area contributed by atoms with Crippen molar-refractivity contribution in [2.24, 2.45) is 0 Å². The van der Waals surface area contributed by atoms with Gasteiger partial charge in [-0.15, -0.1) is 5.10 Å². The number of hydrogen-bond acceptors (Lipinski definition) is 2. The van der Waals surface area contributed by atoms with E-state index in [0.29, 0.717) is 0 Å². The minimum atomic E-state index is 0.991. The zero-order chi connectivity index (χ0) is 5.40. The van der Waals surface area contributed by atoms with Gasteiger partial charge >= 0.3 is 0 Å². The van der Waals surface area contributed by atoms with Gasteiger partial charge in [-0.1, -0.05) is 4.69 Å². The number of nitrogens with zero attached hydrogens (tertiary/aromatic N) is 2. The lowest BCUT2D eigenvalue weighted by atomic mass is 10.5. The predicted octanol–water partition coefficient (Wildman–Crippen LogP) is 0.927. The van der Waals surface area contributed by atoms with Crippen molar-refractivity contribution in [1.82, 2.24) is 9.79 Å². The summed E-state index contributed by atoms with van der Waals surface area (Å²) in [5, 5.41) is 3.83. The van der Waals surface area contributed by atoms with Crippen LogP contribution in [0, 0.1) is 0 Å². The van der Waals surface area contributed by atoms with E-state index in [-0.39, 0.29) is 0 Å². The Labute approximate surface area is 45.5 Å². The van der Waals surface area contributed by atoms with Crippen molar-refractivity contribution in [1.29, 1.82) is 0 Å². The van der Waals surface area contributed by atoms with Crippen molar-refractivity contribution in [2.75, 3.05) is 0 Å². The molecule has 0 amide bonds. The van der Waals surface area contributed by atoms with E-state index in [0.717, 1.165) is 5.52 Å². The molecular formula is C5H4N2O. The van der Waals surface area contributed by atoms with Gasteiger partial charge in [0, 0.05) is 6.07 Å². The van der Waals surface area contributed by atoms with Crippen LogP contribution in [-0.2, 0) is 0 Å². The second-order valence-corrected chi connectivity index (χ2v) is 1.54. The summed E-state index contributed by atoms with van der Waals surface area (Å²) in [5.74, 6) is 0. The third-order valence-electron chi connectivity index (χ3n) is 1.04. The summed E-state index contributed by atoms with van der Waals surface area (Å²) in [6, 6.07) is 3.73. The highest BCUT2D eigenvalue weighted by atomic mass is 16.5. The number of aromatic nitrogens is 2. The first kappa shape index (κ1) is 3.72. The summed E-state index contributed by atoms with van der Waals surface area (Å²) in [5.41, 5.74) is 0.991. The van der Waals surface area contributed by atoms with E-state index in [4.69, 9.17) is 4.52 Å². The molecule has 3 nitrogen and oxygen atoms in total. The van der Waals surface area contributed by atoms with Crippen LogP contribution in [0.1, 0.15) is 0 Å². The van der Waals surface area contributed by atoms with Crippen LogP contribution >= 0.6 is 0 Å². The molecule has 2 heterocycles. The molecule has 0 aliphatic rings. The molecule has 0 aliphatic carbocycles. The van der Waals surface area contributed by atoms with Gasteiger partial charge in [-0.05, 0) is 6.07 Å². The Balaban J connectivity index is 3.06. The number of hydrogen-bond donors (Lipinski definition) is 0. The SMILES string of the molecule is c1cc2ccon2n1. The highest BCUT2D eigenvalue weighted by Crippen LogP contribution is 1.99. The average molecular weight is 108 g/mol. The second-order valence-electron chi connectivity index (χ2n) is 1.54. The molecule has 0 spiro atoms. The van der Waals surface area contributed by atoms with Crippen molar-refractivity contribution in [3.05, 3.63) is 24.6 Å². The number of fused-ring (bicyclic) bond motifs is 1. The van der Waals surface area contributed by atoms with Gasteiger partial charge in [0.05, 0.1) is 6.20 Å². The van der Waals surface area contributed by atoms with E-state index in [1.807, 2.05) is 12.1 Å². The predicted molar refractivity (Wildman–Crippen MR) is 27.5 cm³/mol. The molecular weight excluding hydrogens is 104 g/mol. The zero-order valence-corrected chi connectivity index (χ0v) is 4.11. The molecule has 0 bridgehead atoms. The zero-order valence-electron chi connectivity index (χ0n) is 4.11. The Morgan fingerprint density at radius 3 is 3.38 bits per heavy atom. The minimum Gasteiger partial charge on any atom is -0.365 e. The van der Waals surface area contributed by atoms with E-state index < -0.39 is 0 Å². The molecule has 0 N–H and O–H groups in total. The highest BCUT2D eigenvalue weighted by molar-refractivity contribution is 5.41. The lowest BCUT2D eigenvalue weighted by Crippen LogP contribution is -1.74. The van der Waals surface area contributed by atoms with E-state index in [1.54, 1.807) is 12.5 Å². The summed E-state index contributed by atoms with van der Waals surface area (Å²) in [6.07, 6.45) is 3.29. The molecule has 0 saturated carbocycles. The molecule has 8 heavy (non-hydrogen) atoms. The summed E-state index contributed by atoms with van der Waals surface area (Å²) in [7, 11) is 0. The average Bonchev–Trinajstić information content (AvgIpc) is 2.15. The second kappa shape index (κ2) is 1.12. The van der Waals surface area contributed by atoms with E-state index >= 15 is 0 Å². The lowest BCUT2D eigenvalue weighted by molar-refractivity contribution is 0.338. The van der Waals surface area contributed by atoms with Crippen LogP contribution < -0.4 is 0 Å². The Bertz CT molecular complexity index is 232. The molecule has 3 heteroatoms. The molecule has 0 radical (unpaired) electrons. The maximum absolute atomic E-state index is 4.86. The maximum atomic E-state index is 4.86. The minimum absolute atomic E-state index is 0.991. The van der Waals surface area contributed by atoms with Gasteiger partial charge < -0.3 is 4.52 Å². The molecule has 0 saturated heterocycles. The fourth-order valence-electron chi connectivity index (χ4n) is 0.666. The van der Waals surface area contributed by atoms with Crippen LogP contribution in [-0.4, -0.2) is 9.79 Å². The maximum Gasteiger partial charge on any atom is 0.124 e. The van der Waals surface area contributed by atoms with Gasteiger partial charge in [-0.2, -0.15) is 0 Å². The Morgan fingerprint density at radius 2 is 2.50 bits per heavy atom. The van der Waals surface area contributed by atoms with Crippen LogP contribution in [0.5, 0.6) is 0 Å². The third-order valence-corrected chi connectivity index (χ3v) is 1.04. The Kier molecular flexibility index (Phi) is 0.521. The number of rotatable bonds is 0. The van der Waals surface area contributed by atoms with E-state index in [1.165, 1.54) is 4.69 Å². The summed E-state index contributed by atoms with van der Waals surface area (Å²) in [4.78, 5) is 0. The van der Waals surface area contributed by atoms with Crippen LogP contribution in [0.15, 0.2) is 29.1 Å². The molecule has 40 valence electrons. The molecule has 2 rings (SSSR count). The van der Waals surface area contributed by atoms with Gasteiger partial charge in [0.2, 0.25) is 0 Å². The fraction of sp³-hybridized carbons (Fsp3) is 0. The van der Waals surface area contributed by atoms with Gasteiger partial charge in [-0.3, -0.25) is 0 Å². The van der Waals surface area contributed by atoms with Crippen molar-refractivity contribution >= 4 is 5.52 Å². The summed E-state index contributed by atoms with van der Waals surface area (Å²) < 4.78 is 6.32. The summed E-state index contributed by atoms with van der Waals surface area (Å²) >= 11 is 0. The largest absolute Gasteiger partial charge is 0.365 e. The molecule has 2 aromatic rings. The van der Waals surface area contributed by atoms with Crippen molar-refractivity contribution in [2.45, 2.75) is 0 Å². The standard InChI is InChI=1S/C5H4N2O/c1-3-6-7-5(1)2-4-8-7/h1-4H. The molecule has 0 aromatic carbocycles. The lowest BCUT2D eigenvalue weighted by Gasteiger charge is -1.72. The molecule has 2 aromatic heterocycles. The first-order valence-electron chi connectivity index (χ1n) is 2.34. The van der Waals surface area contributed by atoms with Crippen LogP contribution in [0.3, 0.4) is 0 Å². The molecule has 0 unspecified atom stereocenters. The highest BCUT2D eigenvalue weighted by Gasteiger charge is 1.89. The smallest absolute Gasteiger partial charge is 0.124 e. The van der Waals surface area contributed by atoms with Crippen LogP contribution in [0.25, 0.3) is 5.52 Å². The molecule has 0 aliphatic heterocycles. The Hall–Kier alpha value is -1.25. The topological polar surface area (TPSA) is 30.4 Å². The summed E-state index contributed by atoms with van der Waals surface area (Å²) in [6.45, 7) is 0. The van der Waals surface area contributed by atoms with Crippen LogP contribution in [0.2, 0.25) is 0 Å². The normalized spacial score (nSPS) is 10.5. The van der Waals surface area contributed by atoms with Gasteiger partial charge in [0.15, 0.2) is 0 Å². The van der Waals surface area contributed by atoms with Gasteiger partial charge in [0.1, 0.15) is 11.8 Å². The van der Waals surface area contributed by atoms with Crippen molar-refractivity contribution in [3.63, 3.8) is 0 Å². The van der Waals surface area contributed by atoms with Crippen molar-refractivity contribution in [3.8, 4) is 0 Å². The van der Waals surface area contributed by atoms with Crippen LogP contribution in [0.4, 0.5) is 0 Å². The van der Waals surface area contributed by atoms with E-state index in [9.17, 15) is 0 Å². The van der Waals surface area contributed by atoms with Gasteiger partial charge in [0.25, 0.3) is 0 Å². The fourth-order valence-corrected chi connectivity index (χ4v) is 0.666. The van der Waals surface area contributed by atoms with E-state index in [2.05, 4.69) is 5.10 Å². The third kappa shape index (κ3) is 0.307. The monoisotopic (exact) mass is 108 g/mol. The first-order chi connectivity index (χ1) is 3.97. The first-order valence-corrected chi connectivity index (χ1v) is 2.34. The molecule has 0 fully saturated rings. The quantitative estimate of drug-likeness (QED) is 0.502.